The van der Waals surface area contributed by atoms with Gasteiger partial charge in [-0.1, -0.05) is 42.5 Å². The number of aromatic hydroxyl groups is 1. The highest BCUT2D eigenvalue weighted by atomic mass is 19.4. The smallest absolute Gasteiger partial charge is 0.416 e. The Morgan fingerprint density at radius 2 is 1.56 bits per heavy atom. The Labute approximate surface area is 197 Å². The number of nitrogens with zero attached hydrogens (tertiary/aromatic N) is 1. The lowest BCUT2D eigenvalue weighted by Crippen LogP contribution is -2.25. The third-order valence-electron chi connectivity index (χ3n) is 7.07. The molecule has 178 valence electrons. The molecule has 0 spiro atoms. The van der Waals surface area contributed by atoms with Gasteiger partial charge in [-0.05, 0) is 67.2 Å². The summed E-state index contributed by atoms with van der Waals surface area (Å²) in [7, 11) is 0. The number of rotatable bonds is 5. The van der Waals surface area contributed by atoms with Gasteiger partial charge in [-0.15, -0.1) is 0 Å². The van der Waals surface area contributed by atoms with Gasteiger partial charge < -0.3 is 14.7 Å². The van der Waals surface area contributed by atoms with E-state index < -0.39 is 11.7 Å². The lowest BCUT2D eigenvalue weighted by molar-refractivity contribution is -0.137. The van der Waals surface area contributed by atoms with Crippen molar-refractivity contribution < 1.29 is 23.0 Å². The van der Waals surface area contributed by atoms with Crippen LogP contribution < -0.4 is 4.74 Å². The van der Waals surface area contributed by atoms with Gasteiger partial charge in [0.25, 0.3) is 0 Å². The first-order chi connectivity index (χ1) is 16.4. The molecular formula is C28H28F3NO2. The SMILES string of the molecule is Oc1ccc2c(c1)OC[C@H](c1ccc(C(F)(F)F)cc1)[C@@H]2c1ccc(CCN2CCCC2)cc1. The second kappa shape index (κ2) is 9.34. The zero-order valence-corrected chi connectivity index (χ0v) is 18.9. The maximum Gasteiger partial charge on any atom is 0.416 e. The minimum Gasteiger partial charge on any atom is -0.508 e. The van der Waals surface area contributed by atoms with Gasteiger partial charge in [0.05, 0.1) is 12.2 Å². The molecule has 3 nitrogen and oxygen atoms in total. The minimum absolute atomic E-state index is 0.0891. The summed E-state index contributed by atoms with van der Waals surface area (Å²) in [4.78, 5) is 2.50. The Balaban J connectivity index is 1.44. The Kier molecular flexibility index (Phi) is 6.26. The summed E-state index contributed by atoms with van der Waals surface area (Å²) in [6, 6.07) is 19.1. The van der Waals surface area contributed by atoms with Crippen LogP contribution in [0.2, 0.25) is 0 Å². The van der Waals surface area contributed by atoms with Crippen molar-refractivity contribution in [3.63, 3.8) is 0 Å². The van der Waals surface area contributed by atoms with E-state index in [1.165, 1.54) is 31.5 Å². The molecule has 1 saturated heterocycles. The van der Waals surface area contributed by atoms with Crippen LogP contribution in [-0.4, -0.2) is 36.2 Å². The van der Waals surface area contributed by atoms with Crippen molar-refractivity contribution in [1.82, 2.24) is 4.90 Å². The molecule has 3 aromatic rings. The number of phenolic OH excluding ortho intramolecular Hbond substituents is 1. The summed E-state index contributed by atoms with van der Waals surface area (Å²) in [5, 5.41) is 9.93. The average Bonchev–Trinajstić information content (AvgIpc) is 3.36. The third kappa shape index (κ3) is 4.78. The van der Waals surface area contributed by atoms with Crippen LogP contribution in [0.4, 0.5) is 13.2 Å². The van der Waals surface area contributed by atoms with Crippen LogP contribution >= 0.6 is 0 Å². The molecule has 6 heteroatoms. The monoisotopic (exact) mass is 467 g/mol. The molecule has 0 radical (unpaired) electrons. The Hall–Kier alpha value is -2.99. The standard InChI is InChI=1S/C28H28F3NO2/c29-28(30,31)22-9-7-20(8-10-22)25-18-34-26-17-23(33)11-12-24(26)27(25)21-5-3-19(4-6-21)13-16-32-14-1-2-15-32/h3-12,17,25,27,33H,1-2,13-16,18H2/t25-,27-/m1/s1. The van der Waals surface area contributed by atoms with E-state index in [2.05, 4.69) is 29.2 Å². The van der Waals surface area contributed by atoms with Gasteiger partial charge in [-0.25, -0.2) is 0 Å². The van der Waals surface area contributed by atoms with Crippen molar-refractivity contribution in [2.75, 3.05) is 26.2 Å². The second-order valence-electron chi connectivity index (χ2n) is 9.28. The van der Waals surface area contributed by atoms with Crippen LogP contribution in [0.25, 0.3) is 0 Å². The molecule has 0 aliphatic carbocycles. The van der Waals surface area contributed by atoms with E-state index in [9.17, 15) is 18.3 Å². The Morgan fingerprint density at radius 1 is 0.882 bits per heavy atom. The number of phenols is 1. The molecule has 0 unspecified atom stereocenters. The zero-order chi connectivity index (χ0) is 23.7. The Morgan fingerprint density at radius 3 is 2.24 bits per heavy atom. The van der Waals surface area contributed by atoms with Gasteiger partial charge in [0, 0.05) is 30.0 Å². The third-order valence-corrected chi connectivity index (χ3v) is 7.07. The van der Waals surface area contributed by atoms with Crippen LogP contribution in [0.3, 0.4) is 0 Å². The van der Waals surface area contributed by atoms with Crippen LogP contribution in [-0.2, 0) is 12.6 Å². The summed E-state index contributed by atoms with van der Waals surface area (Å²) < 4.78 is 45.2. The first-order valence-corrected chi connectivity index (χ1v) is 11.8. The van der Waals surface area contributed by atoms with Gasteiger partial charge in [-0.3, -0.25) is 0 Å². The van der Waals surface area contributed by atoms with Crippen LogP contribution in [0.5, 0.6) is 11.5 Å². The molecule has 0 aromatic heterocycles. The molecule has 2 aliphatic heterocycles. The van der Waals surface area contributed by atoms with Crippen LogP contribution in [0, 0.1) is 0 Å². The maximum absolute atomic E-state index is 13.1. The summed E-state index contributed by atoms with van der Waals surface area (Å²) in [6.07, 6.45) is -0.803. The van der Waals surface area contributed by atoms with Gasteiger partial charge in [-0.2, -0.15) is 13.2 Å². The van der Waals surface area contributed by atoms with Crippen molar-refractivity contribution in [3.8, 4) is 11.5 Å². The number of hydrogen-bond donors (Lipinski definition) is 1. The molecule has 2 aliphatic rings. The quantitative estimate of drug-likeness (QED) is 0.474. The Bertz CT molecular complexity index is 1120. The van der Waals surface area contributed by atoms with Crippen molar-refractivity contribution in [2.45, 2.75) is 37.3 Å². The molecule has 0 amide bonds. The van der Waals surface area contributed by atoms with Gasteiger partial charge >= 0.3 is 6.18 Å². The fourth-order valence-corrected chi connectivity index (χ4v) is 5.20. The molecular weight excluding hydrogens is 439 g/mol. The van der Waals surface area contributed by atoms with Crippen molar-refractivity contribution in [2.24, 2.45) is 0 Å². The fraction of sp³-hybridized carbons (Fsp3) is 0.357. The van der Waals surface area contributed by atoms with E-state index in [4.69, 9.17) is 4.74 Å². The van der Waals surface area contributed by atoms with E-state index in [0.717, 1.165) is 41.8 Å². The summed E-state index contributed by atoms with van der Waals surface area (Å²) in [5.41, 5.74) is 3.44. The molecule has 2 atom stereocenters. The average molecular weight is 468 g/mol. The summed E-state index contributed by atoms with van der Waals surface area (Å²) in [6.45, 7) is 3.74. The number of halogens is 3. The molecule has 3 aromatic carbocycles. The van der Waals surface area contributed by atoms with E-state index >= 15 is 0 Å². The topological polar surface area (TPSA) is 32.7 Å². The first-order valence-electron chi connectivity index (χ1n) is 11.8. The molecule has 34 heavy (non-hydrogen) atoms. The number of fused-ring (bicyclic) bond motifs is 1. The fourth-order valence-electron chi connectivity index (χ4n) is 5.20. The number of alkyl halides is 3. The lowest BCUT2D eigenvalue weighted by atomic mass is 9.75. The number of hydrogen-bond acceptors (Lipinski definition) is 3. The summed E-state index contributed by atoms with van der Waals surface area (Å²) >= 11 is 0. The van der Waals surface area contributed by atoms with E-state index in [0.29, 0.717) is 12.4 Å². The molecule has 0 bridgehead atoms. The predicted octanol–water partition coefficient (Wildman–Crippen LogP) is 6.36. The van der Waals surface area contributed by atoms with Gasteiger partial charge in [0.2, 0.25) is 0 Å². The van der Waals surface area contributed by atoms with Crippen LogP contribution in [0.1, 0.15) is 52.5 Å². The van der Waals surface area contributed by atoms with E-state index in [1.54, 1.807) is 24.3 Å². The van der Waals surface area contributed by atoms with Gasteiger partial charge in [0.15, 0.2) is 0 Å². The number of likely N-dealkylation sites (tertiary alicyclic amines) is 1. The first kappa shape index (κ1) is 22.8. The van der Waals surface area contributed by atoms with Crippen molar-refractivity contribution >= 4 is 0 Å². The minimum atomic E-state index is -4.37. The number of benzene rings is 3. The van der Waals surface area contributed by atoms with E-state index in [-0.39, 0.29) is 17.6 Å². The zero-order valence-electron chi connectivity index (χ0n) is 18.9. The van der Waals surface area contributed by atoms with Gasteiger partial charge in [0.1, 0.15) is 11.5 Å². The van der Waals surface area contributed by atoms with Crippen molar-refractivity contribution in [1.29, 1.82) is 0 Å². The summed E-state index contributed by atoms with van der Waals surface area (Å²) in [5.74, 6) is 0.512. The largest absolute Gasteiger partial charge is 0.508 e. The highest BCUT2D eigenvalue weighted by Crippen LogP contribution is 2.47. The number of ether oxygens (including phenoxy) is 1. The molecule has 5 rings (SSSR count). The molecule has 1 N–H and O–H groups in total. The second-order valence-corrected chi connectivity index (χ2v) is 9.28. The van der Waals surface area contributed by atoms with Crippen molar-refractivity contribution in [3.05, 3.63) is 94.5 Å². The molecule has 0 saturated carbocycles. The highest BCUT2D eigenvalue weighted by Gasteiger charge is 2.35. The normalized spacial score (nSPS) is 20.7. The van der Waals surface area contributed by atoms with Crippen LogP contribution in [0.15, 0.2) is 66.7 Å². The maximum atomic E-state index is 13.1. The lowest BCUT2D eigenvalue weighted by Gasteiger charge is -2.34. The van der Waals surface area contributed by atoms with E-state index in [1.807, 2.05) is 6.07 Å². The molecule has 2 heterocycles. The predicted molar refractivity (Wildman–Crippen MR) is 125 cm³/mol. The molecule has 1 fully saturated rings. The highest BCUT2D eigenvalue weighted by molar-refractivity contribution is 5.50.